The molecule has 1 nitrogen and oxygen atoms in total. The third-order valence-electron chi connectivity index (χ3n) is 3.74. The average Bonchev–Trinajstić information content (AvgIpc) is 2.79. The van der Waals surface area contributed by atoms with Gasteiger partial charge in [-0.15, -0.1) is 0 Å². The van der Waals surface area contributed by atoms with E-state index in [2.05, 4.69) is 60.1 Å². The Labute approximate surface area is 112 Å². The smallest absolute Gasteiger partial charge is 0.0356 e. The maximum atomic E-state index is 3.52. The number of nitrogens with one attached hydrogen (secondary N) is 1. The number of rotatable bonds is 3. The van der Waals surface area contributed by atoms with Crippen LogP contribution >= 0.6 is 22.6 Å². The maximum Gasteiger partial charge on any atom is 0.0356 e. The van der Waals surface area contributed by atoms with Crippen LogP contribution in [0.3, 0.4) is 0 Å². The molecule has 1 saturated carbocycles. The molecule has 0 spiro atoms. The highest BCUT2D eigenvalue weighted by Gasteiger charge is 2.26. The van der Waals surface area contributed by atoms with Gasteiger partial charge in [0.1, 0.15) is 0 Å². The summed E-state index contributed by atoms with van der Waals surface area (Å²) in [7, 11) is 2.10. The van der Waals surface area contributed by atoms with Crippen LogP contribution in [0.25, 0.3) is 0 Å². The molecule has 0 aliphatic heterocycles. The molecule has 0 aromatic heterocycles. The van der Waals surface area contributed by atoms with Crippen LogP contribution in [-0.2, 0) is 0 Å². The molecule has 16 heavy (non-hydrogen) atoms. The van der Waals surface area contributed by atoms with Gasteiger partial charge in [0.15, 0.2) is 0 Å². The lowest BCUT2D eigenvalue weighted by atomic mass is 9.91. The predicted octanol–water partition coefficient (Wildman–Crippen LogP) is 4.05. The molecule has 88 valence electrons. The van der Waals surface area contributed by atoms with Gasteiger partial charge in [-0.3, -0.25) is 0 Å². The number of aryl methyl sites for hydroxylation is 1. The van der Waals surface area contributed by atoms with Crippen LogP contribution in [0.2, 0.25) is 0 Å². The molecule has 0 heterocycles. The van der Waals surface area contributed by atoms with Crippen molar-refractivity contribution in [3.05, 3.63) is 32.9 Å². The second-order valence-electron chi connectivity index (χ2n) is 4.79. The molecule has 0 radical (unpaired) electrons. The Hall–Kier alpha value is -0.0900. The SMILES string of the molecule is CNC(c1cccc(C)c1I)C1CCCC1. The molecule has 0 bridgehead atoms. The Bertz CT molecular complexity index is 356. The molecular formula is C14H20IN. The largest absolute Gasteiger partial charge is 0.313 e. The van der Waals surface area contributed by atoms with Crippen molar-refractivity contribution < 1.29 is 0 Å². The van der Waals surface area contributed by atoms with E-state index < -0.39 is 0 Å². The van der Waals surface area contributed by atoms with E-state index in [1.807, 2.05) is 0 Å². The molecule has 1 aromatic rings. The third-order valence-corrected chi connectivity index (χ3v) is 5.21. The van der Waals surface area contributed by atoms with Crippen molar-refractivity contribution >= 4 is 22.6 Å². The topological polar surface area (TPSA) is 12.0 Å². The third kappa shape index (κ3) is 2.43. The van der Waals surface area contributed by atoms with E-state index in [0.29, 0.717) is 6.04 Å². The summed E-state index contributed by atoms with van der Waals surface area (Å²) in [4.78, 5) is 0. The van der Waals surface area contributed by atoms with Gasteiger partial charge in [0.2, 0.25) is 0 Å². The molecule has 1 fully saturated rings. The van der Waals surface area contributed by atoms with Gasteiger partial charge in [-0.1, -0.05) is 31.0 Å². The lowest BCUT2D eigenvalue weighted by Gasteiger charge is -2.25. The van der Waals surface area contributed by atoms with E-state index >= 15 is 0 Å². The number of benzene rings is 1. The molecule has 1 aliphatic rings. The fourth-order valence-electron chi connectivity index (χ4n) is 2.85. The zero-order valence-corrected chi connectivity index (χ0v) is 12.3. The molecule has 1 atom stereocenters. The first kappa shape index (κ1) is 12.4. The van der Waals surface area contributed by atoms with Crippen LogP contribution in [-0.4, -0.2) is 7.05 Å². The normalized spacial score (nSPS) is 18.9. The van der Waals surface area contributed by atoms with Crippen LogP contribution in [0, 0.1) is 16.4 Å². The summed E-state index contributed by atoms with van der Waals surface area (Å²) in [6.07, 6.45) is 5.58. The lowest BCUT2D eigenvalue weighted by Crippen LogP contribution is -2.24. The first-order valence-electron chi connectivity index (χ1n) is 6.16. The molecular weight excluding hydrogens is 309 g/mol. The van der Waals surface area contributed by atoms with E-state index in [1.54, 1.807) is 0 Å². The molecule has 1 aliphatic carbocycles. The van der Waals surface area contributed by atoms with Crippen molar-refractivity contribution in [2.24, 2.45) is 5.92 Å². The van der Waals surface area contributed by atoms with Crippen molar-refractivity contribution in [3.63, 3.8) is 0 Å². The van der Waals surface area contributed by atoms with Gasteiger partial charge >= 0.3 is 0 Å². The fraction of sp³-hybridized carbons (Fsp3) is 0.571. The summed E-state index contributed by atoms with van der Waals surface area (Å²) in [6.45, 7) is 2.20. The zero-order valence-electron chi connectivity index (χ0n) is 10.1. The zero-order chi connectivity index (χ0) is 11.5. The first-order chi connectivity index (χ1) is 7.74. The van der Waals surface area contributed by atoms with Crippen LogP contribution < -0.4 is 5.32 Å². The molecule has 0 amide bonds. The average molecular weight is 329 g/mol. The summed E-state index contributed by atoms with van der Waals surface area (Å²) < 4.78 is 1.44. The van der Waals surface area contributed by atoms with Crippen LogP contribution in [0.5, 0.6) is 0 Å². The highest BCUT2D eigenvalue weighted by Crippen LogP contribution is 2.37. The second kappa shape index (κ2) is 5.50. The highest BCUT2D eigenvalue weighted by molar-refractivity contribution is 14.1. The summed E-state index contributed by atoms with van der Waals surface area (Å²) >= 11 is 2.49. The van der Waals surface area contributed by atoms with Crippen LogP contribution in [0.4, 0.5) is 0 Å². The van der Waals surface area contributed by atoms with Gasteiger partial charge < -0.3 is 5.32 Å². The number of halogens is 1. The Morgan fingerprint density at radius 2 is 2.00 bits per heavy atom. The lowest BCUT2D eigenvalue weighted by molar-refractivity contribution is 0.389. The van der Waals surface area contributed by atoms with Crippen molar-refractivity contribution in [3.8, 4) is 0 Å². The van der Waals surface area contributed by atoms with Gasteiger partial charge in [0.05, 0.1) is 0 Å². The quantitative estimate of drug-likeness (QED) is 0.825. The number of hydrogen-bond donors (Lipinski definition) is 1. The molecule has 0 saturated heterocycles. The molecule has 2 rings (SSSR count). The summed E-state index contributed by atoms with van der Waals surface area (Å²) in [5.74, 6) is 0.834. The van der Waals surface area contributed by atoms with Gasteiger partial charge in [-0.05, 0) is 66.4 Å². The highest BCUT2D eigenvalue weighted by atomic mass is 127. The van der Waals surface area contributed by atoms with Crippen LogP contribution in [0.1, 0.15) is 42.9 Å². The van der Waals surface area contributed by atoms with E-state index in [9.17, 15) is 0 Å². The Morgan fingerprint density at radius 3 is 2.62 bits per heavy atom. The van der Waals surface area contributed by atoms with Gasteiger partial charge in [-0.2, -0.15) is 0 Å². The van der Waals surface area contributed by atoms with Crippen molar-refractivity contribution in [2.45, 2.75) is 38.6 Å². The van der Waals surface area contributed by atoms with E-state index in [0.717, 1.165) is 5.92 Å². The number of hydrogen-bond acceptors (Lipinski definition) is 1. The monoisotopic (exact) mass is 329 g/mol. The minimum Gasteiger partial charge on any atom is -0.313 e. The molecule has 2 heteroatoms. The summed E-state index contributed by atoms with van der Waals surface area (Å²) in [5.41, 5.74) is 2.89. The Balaban J connectivity index is 2.28. The van der Waals surface area contributed by atoms with Gasteiger partial charge in [0.25, 0.3) is 0 Å². The summed E-state index contributed by atoms with van der Waals surface area (Å²) in [5, 5.41) is 3.52. The fourth-order valence-corrected chi connectivity index (χ4v) is 3.54. The molecule has 1 unspecified atom stereocenters. The van der Waals surface area contributed by atoms with E-state index in [4.69, 9.17) is 0 Å². The van der Waals surface area contributed by atoms with Gasteiger partial charge in [-0.25, -0.2) is 0 Å². The van der Waals surface area contributed by atoms with Crippen molar-refractivity contribution in [1.29, 1.82) is 0 Å². The Kier molecular flexibility index (Phi) is 4.25. The maximum absolute atomic E-state index is 3.52. The Morgan fingerprint density at radius 1 is 1.31 bits per heavy atom. The minimum absolute atomic E-state index is 0.550. The van der Waals surface area contributed by atoms with Crippen LogP contribution in [0.15, 0.2) is 18.2 Å². The van der Waals surface area contributed by atoms with Crippen molar-refractivity contribution in [1.82, 2.24) is 5.32 Å². The first-order valence-corrected chi connectivity index (χ1v) is 7.24. The molecule has 1 N–H and O–H groups in total. The molecule has 1 aromatic carbocycles. The van der Waals surface area contributed by atoms with E-state index in [-0.39, 0.29) is 0 Å². The summed E-state index contributed by atoms with van der Waals surface area (Å²) in [6, 6.07) is 7.22. The minimum atomic E-state index is 0.550. The predicted molar refractivity (Wildman–Crippen MR) is 77.7 cm³/mol. The van der Waals surface area contributed by atoms with E-state index in [1.165, 1.54) is 40.4 Å². The standard InChI is InChI=1S/C14H20IN/c1-10-6-5-9-12(13(10)15)14(16-2)11-7-3-4-8-11/h5-6,9,11,14,16H,3-4,7-8H2,1-2H3. The van der Waals surface area contributed by atoms with Gasteiger partial charge in [0, 0.05) is 9.61 Å². The van der Waals surface area contributed by atoms with Crippen molar-refractivity contribution in [2.75, 3.05) is 7.05 Å². The second-order valence-corrected chi connectivity index (χ2v) is 5.87.